The van der Waals surface area contributed by atoms with Gasteiger partial charge in [-0.15, -0.1) is 0 Å². The summed E-state index contributed by atoms with van der Waals surface area (Å²) < 4.78 is 7.42. The van der Waals surface area contributed by atoms with Crippen LogP contribution in [0, 0.1) is 0 Å². The van der Waals surface area contributed by atoms with E-state index in [9.17, 15) is 0 Å². The lowest BCUT2D eigenvalue weighted by atomic mass is 10.2. The smallest absolute Gasteiger partial charge is 0.250 e. The molecule has 2 N–H and O–H groups in total. The van der Waals surface area contributed by atoms with Crippen molar-refractivity contribution in [1.29, 1.82) is 0 Å². The summed E-state index contributed by atoms with van der Waals surface area (Å²) in [5.41, 5.74) is 4.74. The number of hydrogen-bond acceptors (Lipinski definition) is 8. The molecule has 0 unspecified atom stereocenters. The molecule has 1 aliphatic rings. The topological polar surface area (TPSA) is 87.6 Å². The van der Waals surface area contributed by atoms with E-state index in [1.165, 1.54) is 0 Å². The Morgan fingerprint density at radius 1 is 0.933 bits per heavy atom. The van der Waals surface area contributed by atoms with Crippen LogP contribution in [0.15, 0.2) is 62.6 Å². The Balaban J connectivity index is 1.56. The van der Waals surface area contributed by atoms with E-state index in [0.717, 1.165) is 33.3 Å². The second-order valence-electron chi connectivity index (χ2n) is 6.44. The zero-order valence-corrected chi connectivity index (χ0v) is 19.1. The van der Waals surface area contributed by atoms with Crippen LogP contribution in [0.4, 0.5) is 23.5 Å². The maximum absolute atomic E-state index is 5.44. The lowest BCUT2D eigenvalue weighted by Crippen LogP contribution is -2.37. The number of aromatic nitrogens is 3. The molecule has 0 radical (unpaired) electrons. The third kappa shape index (κ3) is 5.74. The van der Waals surface area contributed by atoms with E-state index < -0.39 is 0 Å². The van der Waals surface area contributed by atoms with E-state index in [-0.39, 0.29) is 0 Å². The number of morpholine rings is 1. The van der Waals surface area contributed by atoms with E-state index in [0.29, 0.717) is 31.1 Å². The van der Waals surface area contributed by atoms with E-state index in [1.54, 1.807) is 6.21 Å². The number of halogens is 2. The standard InChI is InChI=1S/C20H19Br2N7O/c21-15-6-4-14(5-7-15)13-23-28-19-25-18(24-17-3-1-2-16(22)12-17)26-20(27-19)29-8-10-30-11-9-29/h1-7,12-13H,8-11H2,(H2,24,25,26,27,28)/b23-13+. The monoisotopic (exact) mass is 531 g/mol. The quantitative estimate of drug-likeness (QED) is 0.359. The summed E-state index contributed by atoms with van der Waals surface area (Å²) in [6.45, 7) is 2.74. The molecular weight excluding hydrogens is 514 g/mol. The zero-order chi connectivity index (χ0) is 20.8. The maximum atomic E-state index is 5.44. The van der Waals surface area contributed by atoms with Crippen LogP contribution in [0.2, 0.25) is 0 Å². The summed E-state index contributed by atoms with van der Waals surface area (Å²) in [5.74, 6) is 1.37. The molecule has 1 fully saturated rings. The largest absolute Gasteiger partial charge is 0.378 e. The third-order valence-electron chi connectivity index (χ3n) is 4.25. The molecule has 10 heteroatoms. The minimum Gasteiger partial charge on any atom is -0.378 e. The van der Waals surface area contributed by atoms with Crippen LogP contribution < -0.4 is 15.6 Å². The second kappa shape index (κ2) is 9.96. The number of nitrogens with zero attached hydrogens (tertiary/aromatic N) is 5. The summed E-state index contributed by atoms with van der Waals surface area (Å²) in [4.78, 5) is 15.6. The molecule has 0 atom stereocenters. The minimum absolute atomic E-state index is 0.359. The average Bonchev–Trinajstić information content (AvgIpc) is 2.76. The van der Waals surface area contributed by atoms with E-state index in [1.807, 2.05) is 48.5 Å². The van der Waals surface area contributed by atoms with Crippen molar-refractivity contribution in [2.75, 3.05) is 41.9 Å². The van der Waals surface area contributed by atoms with Crippen molar-refractivity contribution in [3.05, 3.63) is 63.0 Å². The first-order valence-electron chi connectivity index (χ1n) is 9.32. The highest BCUT2D eigenvalue weighted by Gasteiger charge is 2.16. The first kappa shape index (κ1) is 20.7. The molecule has 1 aliphatic heterocycles. The molecule has 3 aromatic rings. The van der Waals surface area contributed by atoms with Crippen molar-refractivity contribution in [3.8, 4) is 0 Å². The van der Waals surface area contributed by atoms with Gasteiger partial charge in [0.05, 0.1) is 19.4 Å². The van der Waals surface area contributed by atoms with Gasteiger partial charge in [0, 0.05) is 27.7 Å². The Hall–Kier alpha value is -2.56. The van der Waals surface area contributed by atoms with Crippen molar-refractivity contribution >= 4 is 61.6 Å². The summed E-state index contributed by atoms with van der Waals surface area (Å²) in [6.07, 6.45) is 1.71. The molecule has 0 bridgehead atoms. The molecule has 1 aromatic heterocycles. The van der Waals surface area contributed by atoms with Crippen LogP contribution in [0.5, 0.6) is 0 Å². The van der Waals surface area contributed by atoms with Gasteiger partial charge in [0.1, 0.15) is 0 Å². The first-order chi connectivity index (χ1) is 14.7. The Morgan fingerprint density at radius 3 is 2.47 bits per heavy atom. The van der Waals surface area contributed by atoms with Gasteiger partial charge in [-0.25, -0.2) is 5.43 Å². The Labute approximate surface area is 191 Å². The highest BCUT2D eigenvalue weighted by atomic mass is 79.9. The molecule has 1 saturated heterocycles. The maximum Gasteiger partial charge on any atom is 0.250 e. The highest BCUT2D eigenvalue weighted by Crippen LogP contribution is 2.21. The Morgan fingerprint density at radius 2 is 1.70 bits per heavy atom. The second-order valence-corrected chi connectivity index (χ2v) is 8.27. The molecule has 2 heterocycles. The zero-order valence-electron chi connectivity index (χ0n) is 15.9. The minimum atomic E-state index is 0.359. The Bertz CT molecular complexity index is 1020. The number of hydrazone groups is 1. The number of nitrogens with one attached hydrogen (secondary N) is 2. The van der Waals surface area contributed by atoms with Crippen molar-refractivity contribution < 1.29 is 4.74 Å². The van der Waals surface area contributed by atoms with Crippen LogP contribution in [0.1, 0.15) is 5.56 Å². The van der Waals surface area contributed by atoms with Crippen molar-refractivity contribution in [1.82, 2.24) is 15.0 Å². The lowest BCUT2D eigenvalue weighted by molar-refractivity contribution is 0.122. The van der Waals surface area contributed by atoms with Crippen molar-refractivity contribution in [2.24, 2.45) is 5.10 Å². The summed E-state index contributed by atoms with van der Waals surface area (Å²) in [7, 11) is 0. The van der Waals surface area contributed by atoms with E-state index in [4.69, 9.17) is 4.74 Å². The van der Waals surface area contributed by atoms with Crippen LogP contribution >= 0.6 is 31.9 Å². The van der Waals surface area contributed by atoms with Gasteiger partial charge in [-0.1, -0.05) is 50.1 Å². The number of rotatable bonds is 6. The number of anilines is 4. The SMILES string of the molecule is Brc1ccc(/C=N/Nc2nc(Nc3cccc(Br)c3)nc(N3CCOCC3)n2)cc1. The molecular formula is C20H19Br2N7O. The molecule has 0 aliphatic carbocycles. The first-order valence-corrected chi connectivity index (χ1v) is 10.9. The third-order valence-corrected chi connectivity index (χ3v) is 5.27. The van der Waals surface area contributed by atoms with Gasteiger partial charge in [-0.2, -0.15) is 20.1 Å². The van der Waals surface area contributed by atoms with Crippen LogP contribution in [0.25, 0.3) is 0 Å². The predicted molar refractivity (Wildman–Crippen MR) is 126 cm³/mol. The number of hydrogen-bond donors (Lipinski definition) is 2. The normalized spacial score (nSPS) is 14.1. The van der Waals surface area contributed by atoms with Gasteiger partial charge in [0.2, 0.25) is 17.8 Å². The fourth-order valence-electron chi connectivity index (χ4n) is 2.78. The van der Waals surface area contributed by atoms with Gasteiger partial charge in [-0.05, 0) is 35.9 Å². The molecule has 0 amide bonds. The molecule has 0 spiro atoms. The molecule has 2 aromatic carbocycles. The average molecular weight is 533 g/mol. The van der Waals surface area contributed by atoms with Gasteiger partial charge in [0.15, 0.2) is 0 Å². The lowest BCUT2D eigenvalue weighted by Gasteiger charge is -2.27. The molecule has 0 saturated carbocycles. The molecule has 8 nitrogen and oxygen atoms in total. The summed E-state index contributed by atoms with van der Waals surface area (Å²) in [6, 6.07) is 15.6. The van der Waals surface area contributed by atoms with E-state index >= 15 is 0 Å². The van der Waals surface area contributed by atoms with Gasteiger partial charge in [0.25, 0.3) is 0 Å². The van der Waals surface area contributed by atoms with Crippen LogP contribution in [-0.4, -0.2) is 47.5 Å². The van der Waals surface area contributed by atoms with Gasteiger partial charge < -0.3 is 15.0 Å². The number of ether oxygens (including phenoxy) is 1. The van der Waals surface area contributed by atoms with Crippen LogP contribution in [-0.2, 0) is 4.74 Å². The molecule has 30 heavy (non-hydrogen) atoms. The molecule has 4 rings (SSSR count). The number of benzene rings is 2. The van der Waals surface area contributed by atoms with Gasteiger partial charge >= 0.3 is 0 Å². The summed E-state index contributed by atoms with van der Waals surface area (Å²) >= 11 is 6.90. The van der Waals surface area contributed by atoms with Crippen molar-refractivity contribution in [3.63, 3.8) is 0 Å². The van der Waals surface area contributed by atoms with Crippen LogP contribution in [0.3, 0.4) is 0 Å². The van der Waals surface area contributed by atoms with Crippen molar-refractivity contribution in [2.45, 2.75) is 0 Å². The Kier molecular flexibility index (Phi) is 6.88. The predicted octanol–water partition coefficient (Wildman–Crippen LogP) is 4.42. The fraction of sp³-hybridized carbons (Fsp3) is 0.200. The van der Waals surface area contributed by atoms with Gasteiger partial charge in [-0.3, -0.25) is 0 Å². The van der Waals surface area contributed by atoms with E-state index in [2.05, 4.69) is 67.6 Å². The molecule has 154 valence electrons. The fourth-order valence-corrected chi connectivity index (χ4v) is 3.45. The highest BCUT2D eigenvalue weighted by molar-refractivity contribution is 9.10. The summed E-state index contributed by atoms with van der Waals surface area (Å²) in [5, 5.41) is 7.50.